The Morgan fingerprint density at radius 2 is 2.06 bits per heavy atom. The van der Waals surface area contributed by atoms with Gasteiger partial charge in [-0.15, -0.1) is 0 Å². The lowest BCUT2D eigenvalue weighted by molar-refractivity contribution is 0.00318. The summed E-state index contributed by atoms with van der Waals surface area (Å²) < 4.78 is 0. The number of aliphatic hydroxyl groups excluding tert-OH is 1. The average Bonchev–Trinajstić information content (AvgIpc) is 2.30. The molecule has 0 saturated heterocycles. The second kappa shape index (κ2) is 5.03. The zero-order valence-electron chi connectivity index (χ0n) is 9.34. The van der Waals surface area contributed by atoms with E-state index in [0.717, 1.165) is 0 Å². The maximum atomic E-state index is 11.6. The topological polar surface area (TPSA) is 110 Å². The van der Waals surface area contributed by atoms with Crippen molar-refractivity contribution in [2.24, 2.45) is 0 Å². The monoisotopic (exact) mass is 241 g/mol. The average molecular weight is 241 g/mol. The van der Waals surface area contributed by atoms with Gasteiger partial charge in [-0.1, -0.05) is 6.07 Å². The molecule has 0 aromatic heterocycles. The Kier molecular flexibility index (Phi) is 3.93. The van der Waals surface area contributed by atoms with Crippen LogP contribution in [0, 0.1) is 0 Å². The number of amides is 1. The maximum Gasteiger partial charge on any atom is 0.255 e. The fourth-order valence-corrected chi connectivity index (χ4v) is 1.14. The molecule has 0 fully saturated rings. The Hall–Kier alpha value is -1.79. The van der Waals surface area contributed by atoms with E-state index in [0.29, 0.717) is 0 Å². The lowest BCUT2D eigenvalue weighted by Crippen LogP contribution is -2.43. The number of aliphatic hydroxyl groups is 2. The normalized spacial score (nSPS) is 14.1. The molecule has 1 atom stereocenters. The number of rotatable bonds is 4. The molecule has 1 aromatic rings. The van der Waals surface area contributed by atoms with Gasteiger partial charge in [0.05, 0.1) is 12.2 Å². The molecule has 1 rings (SSSR count). The first kappa shape index (κ1) is 13.3. The van der Waals surface area contributed by atoms with E-state index in [4.69, 9.17) is 5.11 Å². The Morgan fingerprint density at radius 3 is 2.65 bits per heavy atom. The highest BCUT2D eigenvalue weighted by Gasteiger charge is 2.21. The van der Waals surface area contributed by atoms with Gasteiger partial charge >= 0.3 is 0 Å². The van der Waals surface area contributed by atoms with Crippen molar-refractivity contribution in [3.05, 3.63) is 23.8 Å². The Morgan fingerprint density at radius 1 is 1.41 bits per heavy atom. The first-order valence-corrected chi connectivity index (χ1v) is 5.00. The highest BCUT2D eigenvalue weighted by atomic mass is 16.3. The van der Waals surface area contributed by atoms with E-state index in [2.05, 4.69) is 5.32 Å². The van der Waals surface area contributed by atoms with Crippen LogP contribution >= 0.6 is 0 Å². The molecule has 0 heterocycles. The SMILES string of the molecule is CC(O)(CO)CNC(=O)c1cccc(O)c1O. The summed E-state index contributed by atoms with van der Waals surface area (Å²) in [7, 11) is 0. The number of nitrogens with one attached hydrogen (secondary N) is 1. The van der Waals surface area contributed by atoms with Gasteiger partial charge in [0, 0.05) is 6.54 Å². The smallest absolute Gasteiger partial charge is 0.255 e. The van der Waals surface area contributed by atoms with Crippen LogP contribution in [0.4, 0.5) is 0 Å². The third-order valence-corrected chi connectivity index (χ3v) is 2.23. The van der Waals surface area contributed by atoms with Gasteiger partial charge in [-0.25, -0.2) is 0 Å². The number of carbonyl (C=O) groups excluding carboxylic acids is 1. The van der Waals surface area contributed by atoms with E-state index < -0.39 is 29.6 Å². The quantitative estimate of drug-likeness (QED) is 0.459. The van der Waals surface area contributed by atoms with Gasteiger partial charge in [-0.05, 0) is 19.1 Å². The highest BCUT2D eigenvalue weighted by molar-refractivity contribution is 5.97. The van der Waals surface area contributed by atoms with Crippen molar-refractivity contribution in [2.75, 3.05) is 13.2 Å². The van der Waals surface area contributed by atoms with Crippen molar-refractivity contribution in [3.63, 3.8) is 0 Å². The molecule has 1 unspecified atom stereocenters. The molecule has 6 heteroatoms. The molecular weight excluding hydrogens is 226 g/mol. The fourth-order valence-electron chi connectivity index (χ4n) is 1.14. The second-order valence-corrected chi connectivity index (χ2v) is 4.01. The highest BCUT2D eigenvalue weighted by Crippen LogP contribution is 2.27. The number of aromatic hydroxyl groups is 2. The van der Waals surface area contributed by atoms with E-state index in [-0.39, 0.29) is 12.1 Å². The summed E-state index contributed by atoms with van der Waals surface area (Å²) in [5.41, 5.74) is -1.53. The fraction of sp³-hybridized carbons (Fsp3) is 0.364. The third-order valence-electron chi connectivity index (χ3n) is 2.23. The lowest BCUT2D eigenvalue weighted by atomic mass is 10.1. The number of benzene rings is 1. The minimum absolute atomic E-state index is 0.0984. The van der Waals surface area contributed by atoms with Crippen LogP contribution in [0.15, 0.2) is 18.2 Å². The molecule has 17 heavy (non-hydrogen) atoms. The van der Waals surface area contributed by atoms with Gasteiger partial charge in [0.2, 0.25) is 0 Å². The predicted molar refractivity (Wildman–Crippen MR) is 59.8 cm³/mol. The molecule has 0 aliphatic carbocycles. The summed E-state index contributed by atoms with van der Waals surface area (Å²) in [5, 5.41) is 39.2. The molecule has 0 saturated carbocycles. The summed E-state index contributed by atoms with van der Waals surface area (Å²) in [5.74, 6) is -1.56. The van der Waals surface area contributed by atoms with Gasteiger partial charge in [-0.2, -0.15) is 0 Å². The number of hydrogen-bond donors (Lipinski definition) is 5. The van der Waals surface area contributed by atoms with Gasteiger partial charge in [0.15, 0.2) is 11.5 Å². The van der Waals surface area contributed by atoms with Crippen LogP contribution < -0.4 is 5.32 Å². The van der Waals surface area contributed by atoms with Crippen molar-refractivity contribution < 1.29 is 25.2 Å². The molecular formula is C11H15NO5. The van der Waals surface area contributed by atoms with Crippen molar-refractivity contribution >= 4 is 5.91 Å². The zero-order chi connectivity index (χ0) is 13.1. The number of hydrogen-bond acceptors (Lipinski definition) is 5. The van der Waals surface area contributed by atoms with Crippen molar-refractivity contribution in [1.29, 1.82) is 0 Å². The van der Waals surface area contributed by atoms with E-state index >= 15 is 0 Å². The second-order valence-electron chi connectivity index (χ2n) is 4.01. The molecule has 0 aliphatic rings. The lowest BCUT2D eigenvalue weighted by Gasteiger charge is -2.20. The third kappa shape index (κ3) is 3.33. The van der Waals surface area contributed by atoms with E-state index in [1.807, 2.05) is 0 Å². The number of carbonyl (C=O) groups is 1. The first-order chi connectivity index (χ1) is 7.87. The van der Waals surface area contributed by atoms with Crippen molar-refractivity contribution in [1.82, 2.24) is 5.32 Å². The van der Waals surface area contributed by atoms with Crippen LogP contribution in [0.5, 0.6) is 11.5 Å². The van der Waals surface area contributed by atoms with Gasteiger partial charge in [0.25, 0.3) is 5.91 Å². The Balaban J connectivity index is 2.74. The summed E-state index contributed by atoms with van der Waals surface area (Å²) in [6.07, 6.45) is 0. The number of phenolic OH excluding ortho intramolecular Hbond substituents is 2. The molecule has 0 spiro atoms. The number of para-hydroxylation sites is 1. The summed E-state index contributed by atoms with van der Waals surface area (Å²) >= 11 is 0. The largest absolute Gasteiger partial charge is 0.504 e. The minimum atomic E-state index is -1.43. The summed E-state index contributed by atoms with van der Waals surface area (Å²) in [6, 6.07) is 3.99. The Bertz CT molecular complexity index is 416. The van der Waals surface area contributed by atoms with E-state index in [1.165, 1.54) is 25.1 Å². The van der Waals surface area contributed by atoms with Crippen LogP contribution in [-0.4, -0.2) is 45.1 Å². The van der Waals surface area contributed by atoms with Gasteiger partial charge in [0.1, 0.15) is 5.60 Å². The van der Waals surface area contributed by atoms with Gasteiger partial charge in [-0.3, -0.25) is 4.79 Å². The molecule has 0 aliphatic heterocycles. The van der Waals surface area contributed by atoms with Crippen LogP contribution in [0.2, 0.25) is 0 Å². The van der Waals surface area contributed by atoms with Crippen LogP contribution in [0.3, 0.4) is 0 Å². The molecule has 6 nitrogen and oxygen atoms in total. The molecule has 0 radical (unpaired) electrons. The summed E-state index contributed by atoms with van der Waals surface area (Å²) in [4.78, 5) is 11.6. The molecule has 0 bridgehead atoms. The van der Waals surface area contributed by atoms with Crippen LogP contribution in [0.25, 0.3) is 0 Å². The minimum Gasteiger partial charge on any atom is -0.504 e. The zero-order valence-corrected chi connectivity index (χ0v) is 9.34. The van der Waals surface area contributed by atoms with Crippen LogP contribution in [-0.2, 0) is 0 Å². The van der Waals surface area contributed by atoms with E-state index in [1.54, 1.807) is 0 Å². The van der Waals surface area contributed by atoms with Gasteiger partial charge < -0.3 is 25.7 Å². The molecule has 94 valence electrons. The molecule has 1 amide bonds. The maximum absolute atomic E-state index is 11.6. The molecule has 1 aromatic carbocycles. The standard InChI is InChI=1S/C11H15NO5/c1-11(17,6-13)5-12-10(16)7-3-2-4-8(14)9(7)15/h2-4,13-15,17H,5-6H2,1H3,(H,12,16). The predicted octanol–water partition coefficient (Wildman–Crippen LogP) is -0.429. The Labute approximate surface area is 98.1 Å². The number of phenols is 2. The van der Waals surface area contributed by atoms with E-state index in [9.17, 15) is 20.1 Å². The molecule has 5 N–H and O–H groups in total. The first-order valence-electron chi connectivity index (χ1n) is 5.00. The summed E-state index contributed by atoms with van der Waals surface area (Å²) in [6.45, 7) is 0.687. The van der Waals surface area contributed by atoms with Crippen molar-refractivity contribution in [2.45, 2.75) is 12.5 Å². The van der Waals surface area contributed by atoms with Crippen LogP contribution in [0.1, 0.15) is 17.3 Å². The van der Waals surface area contributed by atoms with Crippen molar-refractivity contribution in [3.8, 4) is 11.5 Å².